The third-order valence-corrected chi connectivity index (χ3v) is 18.4. The van der Waals surface area contributed by atoms with E-state index in [1.807, 2.05) is 4.57 Å². The van der Waals surface area contributed by atoms with Crippen LogP contribution in [0.25, 0.3) is 11.2 Å². The summed E-state index contributed by atoms with van der Waals surface area (Å²) in [7, 11) is -4.59. The van der Waals surface area contributed by atoms with Crippen LogP contribution in [0.1, 0.15) is 59.8 Å². The van der Waals surface area contributed by atoms with Crippen molar-refractivity contribution in [2.75, 3.05) is 12.3 Å². The second-order valence-electron chi connectivity index (χ2n) is 14.6. The molecular formula is C28H47N7O5Si2. The summed E-state index contributed by atoms with van der Waals surface area (Å²) in [4.78, 5) is 40.7. The lowest BCUT2D eigenvalue weighted by Crippen LogP contribution is -2.56. The molecule has 42 heavy (non-hydrogen) atoms. The number of aryl methyl sites for hydroxylation is 1. The lowest BCUT2D eigenvalue weighted by molar-refractivity contribution is -0.131. The van der Waals surface area contributed by atoms with E-state index in [0.29, 0.717) is 35.5 Å². The van der Waals surface area contributed by atoms with Gasteiger partial charge in [-0.1, -0.05) is 41.5 Å². The van der Waals surface area contributed by atoms with Gasteiger partial charge in [0.2, 0.25) is 0 Å². The number of nitrogens with zero attached hydrogens (tertiary/aromatic N) is 5. The van der Waals surface area contributed by atoms with Crippen LogP contribution in [0.3, 0.4) is 0 Å². The summed E-state index contributed by atoms with van der Waals surface area (Å²) in [5.41, 5.74) is 5.63. The van der Waals surface area contributed by atoms with Crippen LogP contribution in [0, 0.1) is 6.92 Å². The minimum absolute atomic E-state index is 0.0433. The monoisotopic (exact) mass is 617 g/mol. The number of anilines is 1. The van der Waals surface area contributed by atoms with E-state index < -0.39 is 45.8 Å². The summed E-state index contributed by atoms with van der Waals surface area (Å²) in [6.45, 7) is 24.2. The van der Waals surface area contributed by atoms with Gasteiger partial charge in [-0.3, -0.25) is 14.3 Å². The Labute approximate surface area is 249 Å². The number of imidazole rings is 1. The van der Waals surface area contributed by atoms with Gasteiger partial charge < -0.3 is 23.9 Å². The number of nitrogens with one attached hydrogen (secondary N) is 1. The maximum Gasteiger partial charge on any atom is 0.330 e. The van der Waals surface area contributed by atoms with Crippen LogP contribution >= 0.6 is 0 Å². The Hall–Kier alpha value is -2.66. The van der Waals surface area contributed by atoms with Gasteiger partial charge in [-0.15, -0.1) is 0 Å². The number of H-pyrrole nitrogens is 1. The maximum absolute atomic E-state index is 13.0. The normalized spacial score (nSPS) is 22.3. The summed E-state index contributed by atoms with van der Waals surface area (Å²) >= 11 is 0. The van der Waals surface area contributed by atoms with Crippen molar-refractivity contribution in [3.05, 3.63) is 45.3 Å². The molecule has 0 saturated carbocycles. The number of nitrogen functional groups attached to an aromatic ring is 1. The standard InChI is InChI=1S/C28H47N7O5Si2/c1-18-13-35(25(37)33-24(18)36)20-12-19(40-42(10,11)27(5,6)7)28(39-20,15-38-41(8,9)26(2,3)4)14-34-17-32-21-22(29)30-16-31-23(21)34/h13,16-17,19-20H,12,14-15H2,1-11H3,(H2,29,30,31)(H,33,36,37)/t19-,20+,28+/m0/s1. The highest BCUT2D eigenvalue weighted by Gasteiger charge is 2.55. The molecule has 0 amide bonds. The van der Waals surface area contributed by atoms with Crippen molar-refractivity contribution < 1.29 is 13.6 Å². The molecule has 1 aliphatic heterocycles. The van der Waals surface area contributed by atoms with Crippen LogP contribution in [0.4, 0.5) is 5.82 Å². The molecule has 3 aromatic heterocycles. The summed E-state index contributed by atoms with van der Waals surface area (Å²) < 4.78 is 24.3. The SMILES string of the molecule is Cc1cn([C@H]2C[C@H](O[Si](C)(C)C(C)(C)C)[C@](CO[Si](C)(C)C(C)(C)C)(Cn3cnc4c(N)ncnc43)O2)c(=O)[nH]c1=O. The van der Waals surface area contributed by atoms with E-state index in [1.54, 1.807) is 19.4 Å². The van der Waals surface area contributed by atoms with Gasteiger partial charge in [0, 0.05) is 18.2 Å². The molecule has 12 nitrogen and oxygen atoms in total. The minimum Gasteiger partial charge on any atom is -0.414 e. The highest BCUT2D eigenvalue weighted by Crippen LogP contribution is 2.47. The number of hydrogen-bond acceptors (Lipinski definition) is 9. The summed E-state index contributed by atoms with van der Waals surface area (Å²) in [6.07, 6.45) is 3.91. The van der Waals surface area contributed by atoms with Crippen molar-refractivity contribution >= 4 is 33.6 Å². The molecule has 3 atom stereocenters. The lowest BCUT2D eigenvalue weighted by atomic mass is 9.97. The van der Waals surface area contributed by atoms with Crippen molar-refractivity contribution in [1.29, 1.82) is 0 Å². The van der Waals surface area contributed by atoms with Gasteiger partial charge in [0.25, 0.3) is 5.56 Å². The van der Waals surface area contributed by atoms with Crippen molar-refractivity contribution in [2.24, 2.45) is 0 Å². The van der Waals surface area contributed by atoms with Crippen LogP contribution < -0.4 is 17.0 Å². The van der Waals surface area contributed by atoms with E-state index in [9.17, 15) is 9.59 Å². The Balaban J connectivity index is 1.88. The third-order valence-electron chi connectivity index (χ3n) is 9.42. The fraction of sp³-hybridized carbons (Fsp3) is 0.679. The lowest BCUT2D eigenvalue weighted by Gasteiger charge is -2.45. The molecule has 0 unspecified atom stereocenters. The molecule has 1 aliphatic rings. The molecule has 4 rings (SSSR count). The second kappa shape index (κ2) is 10.8. The maximum atomic E-state index is 13.0. The zero-order valence-electron chi connectivity index (χ0n) is 26.9. The molecule has 0 aliphatic carbocycles. The third kappa shape index (κ3) is 6.04. The summed E-state index contributed by atoms with van der Waals surface area (Å²) in [5, 5.41) is -0.121. The highest BCUT2D eigenvalue weighted by molar-refractivity contribution is 6.74. The Morgan fingerprint density at radius 3 is 2.33 bits per heavy atom. The molecule has 3 N–H and O–H groups in total. The zero-order valence-corrected chi connectivity index (χ0v) is 28.9. The van der Waals surface area contributed by atoms with Gasteiger partial charge in [-0.2, -0.15) is 0 Å². The Morgan fingerprint density at radius 2 is 1.71 bits per heavy atom. The average Bonchev–Trinajstić information content (AvgIpc) is 3.41. The van der Waals surface area contributed by atoms with Crippen molar-refractivity contribution in [1.82, 2.24) is 29.1 Å². The average molecular weight is 618 g/mol. The number of aromatic amines is 1. The van der Waals surface area contributed by atoms with Crippen LogP contribution in [-0.4, -0.2) is 64.0 Å². The summed E-state index contributed by atoms with van der Waals surface area (Å²) in [6, 6.07) is 0. The topological polar surface area (TPSA) is 152 Å². The van der Waals surface area contributed by atoms with Gasteiger partial charge >= 0.3 is 5.69 Å². The highest BCUT2D eigenvalue weighted by atomic mass is 28.4. The molecule has 0 aromatic carbocycles. The van der Waals surface area contributed by atoms with Crippen molar-refractivity contribution in [3.63, 3.8) is 0 Å². The van der Waals surface area contributed by atoms with E-state index in [4.69, 9.17) is 19.3 Å². The van der Waals surface area contributed by atoms with E-state index in [1.165, 1.54) is 10.9 Å². The first-order valence-electron chi connectivity index (χ1n) is 14.4. The van der Waals surface area contributed by atoms with Crippen molar-refractivity contribution in [2.45, 2.75) is 116 Å². The minimum atomic E-state index is -2.34. The number of ether oxygens (including phenoxy) is 1. The largest absolute Gasteiger partial charge is 0.414 e. The number of rotatable bonds is 8. The number of nitrogens with two attached hydrogens (primary N) is 1. The molecule has 1 saturated heterocycles. The van der Waals surface area contributed by atoms with E-state index in [0.717, 1.165) is 0 Å². The van der Waals surface area contributed by atoms with Crippen molar-refractivity contribution in [3.8, 4) is 0 Å². The fourth-order valence-electron chi connectivity index (χ4n) is 4.58. The Morgan fingerprint density at radius 1 is 1.07 bits per heavy atom. The number of fused-ring (bicyclic) bond motifs is 1. The van der Waals surface area contributed by atoms with Gasteiger partial charge in [0.1, 0.15) is 23.7 Å². The molecule has 0 spiro atoms. The number of hydrogen-bond donors (Lipinski definition) is 2. The van der Waals surface area contributed by atoms with Crippen LogP contribution in [0.15, 0.2) is 28.4 Å². The fourth-order valence-corrected chi connectivity index (χ4v) is 7.00. The molecule has 0 radical (unpaired) electrons. The van der Waals surface area contributed by atoms with Gasteiger partial charge in [0.05, 0.1) is 25.6 Å². The van der Waals surface area contributed by atoms with E-state index >= 15 is 0 Å². The predicted octanol–water partition coefficient (Wildman–Crippen LogP) is 4.34. The van der Waals surface area contributed by atoms with E-state index in [-0.39, 0.29) is 16.7 Å². The molecule has 14 heteroatoms. The summed E-state index contributed by atoms with van der Waals surface area (Å²) in [5.74, 6) is 0.292. The smallest absolute Gasteiger partial charge is 0.330 e. The first kappa shape index (κ1) is 32.3. The first-order valence-corrected chi connectivity index (χ1v) is 20.2. The van der Waals surface area contributed by atoms with Gasteiger partial charge in [-0.05, 0) is 43.2 Å². The molecule has 232 valence electrons. The van der Waals surface area contributed by atoms with Crippen LogP contribution in [0.2, 0.25) is 36.3 Å². The van der Waals surface area contributed by atoms with E-state index in [2.05, 4.69) is 87.7 Å². The molecule has 3 aromatic rings. The zero-order chi connectivity index (χ0) is 31.5. The van der Waals surface area contributed by atoms with Crippen LogP contribution in [-0.2, 0) is 20.1 Å². The first-order chi connectivity index (χ1) is 19.2. The molecule has 0 bridgehead atoms. The van der Waals surface area contributed by atoms with Crippen LogP contribution in [0.5, 0.6) is 0 Å². The Kier molecular flexibility index (Phi) is 8.30. The van der Waals surface area contributed by atoms with Gasteiger partial charge in [0.15, 0.2) is 28.1 Å². The number of aromatic nitrogens is 6. The predicted molar refractivity (Wildman–Crippen MR) is 168 cm³/mol. The van der Waals surface area contributed by atoms with Gasteiger partial charge in [-0.25, -0.2) is 19.7 Å². The second-order valence-corrected chi connectivity index (χ2v) is 24.1. The molecule has 4 heterocycles. The molecular weight excluding hydrogens is 571 g/mol. The Bertz CT molecular complexity index is 1570. The quantitative estimate of drug-likeness (QED) is 0.352. The molecule has 1 fully saturated rings.